The molecule has 2 N–H and O–H groups in total. The minimum Gasteiger partial charge on any atom is -0.355 e. The lowest BCUT2D eigenvalue weighted by molar-refractivity contribution is -0.0374. The second-order valence-electron chi connectivity index (χ2n) is 9.16. The summed E-state index contributed by atoms with van der Waals surface area (Å²) in [4.78, 5) is 2.72. The van der Waals surface area contributed by atoms with Crippen LogP contribution >= 0.6 is 0 Å². The molecule has 0 amide bonds. The van der Waals surface area contributed by atoms with Crippen LogP contribution in [0.3, 0.4) is 0 Å². The van der Waals surface area contributed by atoms with E-state index in [1.807, 2.05) is 0 Å². The number of alkyl halides is 2. The fourth-order valence-corrected chi connectivity index (χ4v) is 5.78. The second-order valence-corrected chi connectivity index (χ2v) is 11.0. The van der Waals surface area contributed by atoms with Gasteiger partial charge in [-0.05, 0) is 54.4 Å². The van der Waals surface area contributed by atoms with Crippen molar-refractivity contribution >= 4 is 27.6 Å². The SMILES string of the molecule is Cc1cc(Nc2ccc(F)cc2)c(C=N)cc1[C@@H]1CN(S(=O)(=O)c2cnn(C)n2)CCN1CC(C)(F)F. The third-order valence-electron chi connectivity index (χ3n) is 6.19. The smallest absolute Gasteiger partial charge is 0.264 e. The van der Waals surface area contributed by atoms with Crippen LogP contribution in [0.2, 0.25) is 0 Å². The molecule has 13 heteroatoms. The van der Waals surface area contributed by atoms with Gasteiger partial charge in [-0.25, -0.2) is 21.6 Å². The van der Waals surface area contributed by atoms with E-state index in [1.165, 1.54) is 23.5 Å². The number of benzene rings is 2. The Bertz CT molecular complexity index is 1390. The summed E-state index contributed by atoms with van der Waals surface area (Å²) in [6, 6.07) is 8.54. The van der Waals surface area contributed by atoms with E-state index in [2.05, 4.69) is 15.5 Å². The fourth-order valence-electron chi connectivity index (χ4n) is 4.45. The lowest BCUT2D eigenvalue weighted by Crippen LogP contribution is -2.52. The molecule has 1 fully saturated rings. The van der Waals surface area contributed by atoms with Crippen molar-refractivity contribution in [1.82, 2.24) is 24.2 Å². The quantitative estimate of drug-likeness (QED) is 0.426. The number of aromatic nitrogens is 3. The number of piperazine rings is 1. The van der Waals surface area contributed by atoms with Gasteiger partial charge < -0.3 is 10.7 Å². The van der Waals surface area contributed by atoms with Crippen molar-refractivity contribution in [2.24, 2.45) is 7.05 Å². The number of rotatable bonds is 8. The average Bonchev–Trinajstić information content (AvgIpc) is 3.27. The van der Waals surface area contributed by atoms with Crippen LogP contribution in [-0.2, 0) is 17.1 Å². The largest absolute Gasteiger partial charge is 0.355 e. The normalized spacial score (nSPS) is 17.6. The molecular weight excluding hydrogens is 507 g/mol. The summed E-state index contributed by atoms with van der Waals surface area (Å²) in [6.45, 7) is 2.12. The van der Waals surface area contributed by atoms with E-state index in [4.69, 9.17) is 5.41 Å². The summed E-state index contributed by atoms with van der Waals surface area (Å²) in [5.74, 6) is -3.37. The van der Waals surface area contributed by atoms with E-state index in [0.717, 1.165) is 29.7 Å². The minimum atomic E-state index is -3.99. The van der Waals surface area contributed by atoms with Crippen molar-refractivity contribution in [3.05, 3.63) is 65.1 Å². The van der Waals surface area contributed by atoms with Gasteiger partial charge >= 0.3 is 0 Å². The molecule has 0 spiro atoms. The number of nitrogens with one attached hydrogen (secondary N) is 2. The van der Waals surface area contributed by atoms with Crippen LogP contribution in [0.15, 0.2) is 47.6 Å². The molecule has 1 atom stereocenters. The molecule has 0 bridgehead atoms. The van der Waals surface area contributed by atoms with Crippen LogP contribution in [-0.4, -0.2) is 70.9 Å². The van der Waals surface area contributed by atoms with Gasteiger partial charge in [-0.3, -0.25) is 4.90 Å². The van der Waals surface area contributed by atoms with E-state index < -0.39 is 28.5 Å². The predicted octanol–water partition coefficient (Wildman–Crippen LogP) is 3.71. The van der Waals surface area contributed by atoms with Gasteiger partial charge in [0, 0.05) is 62.8 Å². The minimum absolute atomic E-state index is 0.0200. The fraction of sp³-hybridized carbons (Fsp3) is 0.375. The zero-order chi connectivity index (χ0) is 27.0. The molecule has 0 aliphatic carbocycles. The third kappa shape index (κ3) is 6.00. The molecule has 1 aliphatic rings. The Kier molecular flexibility index (Phi) is 7.40. The van der Waals surface area contributed by atoms with Crippen molar-refractivity contribution in [1.29, 1.82) is 5.41 Å². The van der Waals surface area contributed by atoms with Crippen LogP contribution in [0, 0.1) is 18.2 Å². The van der Waals surface area contributed by atoms with E-state index in [9.17, 15) is 21.6 Å². The molecule has 0 radical (unpaired) electrons. The Morgan fingerprint density at radius 1 is 1.22 bits per heavy atom. The number of aryl methyl sites for hydroxylation is 2. The van der Waals surface area contributed by atoms with Crippen molar-refractivity contribution in [2.75, 3.05) is 31.5 Å². The lowest BCUT2D eigenvalue weighted by atomic mass is 9.94. The first-order valence-electron chi connectivity index (χ1n) is 11.5. The van der Waals surface area contributed by atoms with Gasteiger partial charge in [0.05, 0.1) is 12.7 Å². The Morgan fingerprint density at radius 2 is 1.92 bits per heavy atom. The lowest BCUT2D eigenvalue weighted by Gasteiger charge is -2.42. The van der Waals surface area contributed by atoms with Gasteiger partial charge in [-0.2, -0.15) is 14.2 Å². The van der Waals surface area contributed by atoms with Gasteiger partial charge in [0.1, 0.15) is 5.82 Å². The Balaban J connectivity index is 1.71. The molecule has 2 aromatic carbocycles. The summed E-state index contributed by atoms with van der Waals surface area (Å²) in [5.41, 5.74) is 3.02. The van der Waals surface area contributed by atoms with Crippen molar-refractivity contribution < 1.29 is 21.6 Å². The number of anilines is 2. The summed E-state index contributed by atoms with van der Waals surface area (Å²) in [6.07, 6.45) is 2.29. The molecule has 37 heavy (non-hydrogen) atoms. The average molecular weight is 536 g/mol. The monoisotopic (exact) mass is 535 g/mol. The van der Waals surface area contributed by atoms with Crippen LogP contribution in [0.5, 0.6) is 0 Å². The maximum atomic E-state index is 14.1. The summed E-state index contributed by atoms with van der Waals surface area (Å²) >= 11 is 0. The number of nitrogens with zero attached hydrogens (tertiary/aromatic N) is 5. The first-order chi connectivity index (χ1) is 17.4. The summed E-state index contributed by atoms with van der Waals surface area (Å²) in [5, 5.41) is 18.6. The van der Waals surface area contributed by atoms with E-state index in [-0.39, 0.29) is 30.5 Å². The van der Waals surface area contributed by atoms with Crippen LogP contribution in [0.4, 0.5) is 24.5 Å². The van der Waals surface area contributed by atoms with Gasteiger partial charge in [-0.1, -0.05) is 0 Å². The molecule has 4 rings (SSSR count). The topological polar surface area (TPSA) is 107 Å². The molecule has 1 saturated heterocycles. The van der Waals surface area contributed by atoms with Crippen LogP contribution < -0.4 is 5.32 Å². The van der Waals surface area contributed by atoms with Crippen molar-refractivity contribution in [3.63, 3.8) is 0 Å². The maximum absolute atomic E-state index is 14.1. The number of halogens is 3. The van der Waals surface area contributed by atoms with E-state index in [0.29, 0.717) is 22.5 Å². The molecule has 1 aliphatic heterocycles. The number of hydrogen-bond acceptors (Lipinski definition) is 7. The maximum Gasteiger partial charge on any atom is 0.264 e. The highest BCUT2D eigenvalue weighted by atomic mass is 32.2. The third-order valence-corrected chi connectivity index (χ3v) is 7.92. The van der Waals surface area contributed by atoms with Crippen LogP contribution in [0.25, 0.3) is 0 Å². The Morgan fingerprint density at radius 3 is 2.51 bits per heavy atom. The number of hydrogen-bond donors (Lipinski definition) is 2. The molecule has 0 unspecified atom stereocenters. The highest BCUT2D eigenvalue weighted by molar-refractivity contribution is 7.89. The van der Waals surface area contributed by atoms with Gasteiger partial charge in [0.2, 0.25) is 5.03 Å². The van der Waals surface area contributed by atoms with Crippen molar-refractivity contribution in [2.45, 2.75) is 30.8 Å². The van der Waals surface area contributed by atoms with Gasteiger partial charge in [-0.15, -0.1) is 5.10 Å². The molecule has 9 nitrogen and oxygen atoms in total. The zero-order valence-electron chi connectivity index (χ0n) is 20.6. The highest BCUT2D eigenvalue weighted by Crippen LogP contribution is 2.35. The van der Waals surface area contributed by atoms with Gasteiger partial charge in [0.15, 0.2) is 0 Å². The standard InChI is InChI=1S/C24H28F3N7O2S/c1-16-10-21(30-19-6-4-18(25)5-7-19)17(12-28)11-20(16)22-14-34(9-8-33(22)15-24(2,26)27)37(35,36)23-13-29-32(3)31-23/h4-7,10-13,22,28,30H,8-9,14-15H2,1-3H3/t22-/m0/s1. The van der Waals surface area contributed by atoms with Crippen LogP contribution in [0.1, 0.15) is 29.7 Å². The molecule has 2 heterocycles. The molecule has 1 aromatic heterocycles. The van der Waals surface area contributed by atoms with E-state index in [1.54, 1.807) is 36.1 Å². The Hall–Kier alpha value is -3.29. The highest BCUT2D eigenvalue weighted by Gasteiger charge is 2.39. The summed E-state index contributed by atoms with van der Waals surface area (Å²) < 4.78 is 69.2. The molecular formula is C24H28F3N7O2S. The molecule has 198 valence electrons. The first-order valence-corrected chi connectivity index (χ1v) is 13.0. The first kappa shape index (κ1) is 26.8. The van der Waals surface area contributed by atoms with Crippen molar-refractivity contribution in [3.8, 4) is 0 Å². The summed E-state index contributed by atoms with van der Waals surface area (Å²) in [7, 11) is -2.49. The molecule has 3 aromatic rings. The number of sulfonamides is 1. The van der Waals surface area contributed by atoms with E-state index >= 15 is 0 Å². The predicted molar refractivity (Wildman–Crippen MR) is 133 cm³/mol. The van der Waals surface area contributed by atoms with Gasteiger partial charge in [0.25, 0.3) is 15.9 Å². The zero-order valence-corrected chi connectivity index (χ0v) is 21.4. The second kappa shape index (κ2) is 10.2. The molecule has 0 saturated carbocycles. The Labute approximate surface area is 213 Å².